The maximum absolute atomic E-state index is 12.3. The predicted octanol–water partition coefficient (Wildman–Crippen LogP) is 3.45. The summed E-state index contributed by atoms with van der Waals surface area (Å²) < 4.78 is 5.36. The summed E-state index contributed by atoms with van der Waals surface area (Å²) in [4.78, 5) is 16.8. The van der Waals surface area contributed by atoms with E-state index in [0.717, 1.165) is 47.3 Å². The molecule has 0 radical (unpaired) electrons. The van der Waals surface area contributed by atoms with Gasteiger partial charge in [-0.1, -0.05) is 0 Å². The van der Waals surface area contributed by atoms with Crippen LogP contribution in [0.5, 0.6) is 0 Å². The Morgan fingerprint density at radius 2 is 1.86 bits per heavy atom. The van der Waals surface area contributed by atoms with Gasteiger partial charge in [0.1, 0.15) is 0 Å². The Labute approximate surface area is 134 Å². The van der Waals surface area contributed by atoms with E-state index in [4.69, 9.17) is 4.74 Å². The summed E-state index contributed by atoms with van der Waals surface area (Å²) in [7, 11) is 0. The Hall–Kier alpha value is -1.85. The standard InChI is InChI=1S/C17H20N2O2S/c1-12-11-16(13(2)22-12)17(20)18-14-3-5-15(6-4-14)19-7-9-21-10-8-19/h3-6,11H,7-10H2,1-2H3,(H,18,20). The minimum Gasteiger partial charge on any atom is -0.378 e. The highest BCUT2D eigenvalue weighted by Gasteiger charge is 2.13. The fraction of sp³-hybridized carbons (Fsp3) is 0.353. The molecule has 1 N–H and O–H groups in total. The maximum Gasteiger partial charge on any atom is 0.256 e. The lowest BCUT2D eigenvalue weighted by Crippen LogP contribution is -2.36. The van der Waals surface area contributed by atoms with Gasteiger partial charge in [0, 0.05) is 34.2 Å². The molecule has 1 aliphatic rings. The lowest BCUT2D eigenvalue weighted by molar-refractivity contribution is 0.102. The fourth-order valence-corrected chi connectivity index (χ4v) is 3.55. The van der Waals surface area contributed by atoms with Gasteiger partial charge in [0.2, 0.25) is 0 Å². The van der Waals surface area contributed by atoms with Crippen LogP contribution in [0.2, 0.25) is 0 Å². The van der Waals surface area contributed by atoms with Crippen LogP contribution in [0.15, 0.2) is 30.3 Å². The number of amides is 1. The summed E-state index contributed by atoms with van der Waals surface area (Å²) in [6.07, 6.45) is 0. The van der Waals surface area contributed by atoms with Crippen molar-refractivity contribution >= 4 is 28.6 Å². The maximum atomic E-state index is 12.3. The summed E-state index contributed by atoms with van der Waals surface area (Å²) in [5.41, 5.74) is 2.76. The number of carbonyl (C=O) groups is 1. The van der Waals surface area contributed by atoms with E-state index in [0.29, 0.717) is 0 Å². The number of anilines is 2. The predicted molar refractivity (Wildman–Crippen MR) is 91.2 cm³/mol. The summed E-state index contributed by atoms with van der Waals surface area (Å²) >= 11 is 1.65. The number of aryl methyl sites for hydroxylation is 2. The van der Waals surface area contributed by atoms with Crippen LogP contribution in [-0.4, -0.2) is 32.2 Å². The third-order valence-electron chi connectivity index (χ3n) is 3.79. The van der Waals surface area contributed by atoms with Gasteiger partial charge in [0.25, 0.3) is 5.91 Å². The zero-order valence-corrected chi connectivity index (χ0v) is 13.7. The smallest absolute Gasteiger partial charge is 0.256 e. The molecule has 2 aromatic rings. The minimum atomic E-state index is -0.0408. The first-order valence-electron chi connectivity index (χ1n) is 7.44. The van der Waals surface area contributed by atoms with Crippen LogP contribution >= 0.6 is 11.3 Å². The molecule has 1 aromatic heterocycles. The lowest BCUT2D eigenvalue weighted by atomic mass is 10.2. The molecule has 116 valence electrons. The average Bonchev–Trinajstić information content (AvgIpc) is 2.88. The Morgan fingerprint density at radius 1 is 1.18 bits per heavy atom. The quantitative estimate of drug-likeness (QED) is 0.943. The van der Waals surface area contributed by atoms with E-state index in [9.17, 15) is 4.79 Å². The van der Waals surface area contributed by atoms with E-state index in [-0.39, 0.29) is 5.91 Å². The third-order valence-corrected chi connectivity index (χ3v) is 4.75. The summed E-state index contributed by atoms with van der Waals surface area (Å²) in [5.74, 6) is -0.0408. The van der Waals surface area contributed by atoms with Crippen molar-refractivity contribution in [3.05, 3.63) is 45.6 Å². The highest BCUT2D eigenvalue weighted by Crippen LogP contribution is 2.23. The zero-order valence-electron chi connectivity index (χ0n) is 12.9. The van der Waals surface area contributed by atoms with E-state index in [1.807, 2.05) is 44.2 Å². The second kappa shape index (κ2) is 6.50. The molecular weight excluding hydrogens is 296 g/mol. The van der Waals surface area contributed by atoms with Gasteiger partial charge in [0.15, 0.2) is 0 Å². The number of nitrogens with one attached hydrogen (secondary N) is 1. The second-order valence-electron chi connectivity index (χ2n) is 5.43. The van der Waals surface area contributed by atoms with Gasteiger partial charge in [-0.05, 0) is 44.2 Å². The SMILES string of the molecule is Cc1cc(C(=O)Nc2ccc(N3CCOCC3)cc2)c(C)s1. The van der Waals surface area contributed by atoms with Gasteiger partial charge in [-0.25, -0.2) is 0 Å². The molecule has 5 heteroatoms. The number of nitrogens with zero attached hydrogens (tertiary/aromatic N) is 1. The van der Waals surface area contributed by atoms with Gasteiger partial charge < -0.3 is 15.0 Å². The van der Waals surface area contributed by atoms with E-state index in [1.165, 1.54) is 5.69 Å². The van der Waals surface area contributed by atoms with Crippen molar-refractivity contribution in [3.63, 3.8) is 0 Å². The molecule has 4 nitrogen and oxygen atoms in total. The molecule has 22 heavy (non-hydrogen) atoms. The van der Waals surface area contributed by atoms with Crippen molar-refractivity contribution in [2.45, 2.75) is 13.8 Å². The van der Waals surface area contributed by atoms with Gasteiger partial charge in [-0.15, -0.1) is 11.3 Å². The van der Waals surface area contributed by atoms with Gasteiger partial charge >= 0.3 is 0 Å². The van der Waals surface area contributed by atoms with Crippen LogP contribution in [0.3, 0.4) is 0 Å². The average molecular weight is 316 g/mol. The first-order chi connectivity index (χ1) is 10.6. The second-order valence-corrected chi connectivity index (χ2v) is 6.89. The van der Waals surface area contributed by atoms with Crippen molar-refractivity contribution in [1.29, 1.82) is 0 Å². The van der Waals surface area contributed by atoms with E-state index in [1.54, 1.807) is 11.3 Å². The molecule has 1 fully saturated rings. The van der Waals surface area contributed by atoms with Crippen LogP contribution in [0, 0.1) is 13.8 Å². The highest BCUT2D eigenvalue weighted by atomic mass is 32.1. The van der Waals surface area contributed by atoms with Crippen molar-refractivity contribution in [2.75, 3.05) is 36.5 Å². The molecular formula is C17H20N2O2S. The molecule has 0 saturated carbocycles. The number of benzene rings is 1. The van der Waals surface area contributed by atoms with Crippen LogP contribution in [0.1, 0.15) is 20.1 Å². The first kappa shape index (κ1) is 15.1. The van der Waals surface area contributed by atoms with Crippen molar-refractivity contribution in [1.82, 2.24) is 0 Å². The van der Waals surface area contributed by atoms with Crippen LogP contribution in [0.25, 0.3) is 0 Å². The molecule has 1 amide bonds. The number of ether oxygens (including phenoxy) is 1. The van der Waals surface area contributed by atoms with Crippen molar-refractivity contribution in [2.24, 2.45) is 0 Å². The van der Waals surface area contributed by atoms with Crippen molar-refractivity contribution < 1.29 is 9.53 Å². The molecule has 1 saturated heterocycles. The molecule has 3 rings (SSSR count). The molecule has 1 aliphatic heterocycles. The normalized spacial score (nSPS) is 14.9. The monoisotopic (exact) mass is 316 g/mol. The number of carbonyl (C=O) groups excluding carboxylic acids is 1. The Morgan fingerprint density at radius 3 is 2.45 bits per heavy atom. The Kier molecular flexibility index (Phi) is 4.45. The number of hydrogen-bond acceptors (Lipinski definition) is 4. The highest BCUT2D eigenvalue weighted by molar-refractivity contribution is 7.12. The van der Waals surface area contributed by atoms with Crippen molar-refractivity contribution in [3.8, 4) is 0 Å². The number of morpholine rings is 1. The topological polar surface area (TPSA) is 41.6 Å². The molecule has 2 heterocycles. The zero-order chi connectivity index (χ0) is 15.5. The summed E-state index contributed by atoms with van der Waals surface area (Å²) in [6.45, 7) is 7.38. The van der Waals surface area contributed by atoms with Gasteiger partial charge in [-0.3, -0.25) is 4.79 Å². The molecule has 0 bridgehead atoms. The molecule has 0 atom stereocenters. The fourth-order valence-electron chi connectivity index (χ4n) is 2.63. The van der Waals surface area contributed by atoms with Crippen LogP contribution < -0.4 is 10.2 Å². The minimum absolute atomic E-state index is 0.0408. The number of hydrogen-bond donors (Lipinski definition) is 1. The number of rotatable bonds is 3. The molecule has 0 spiro atoms. The molecule has 0 aliphatic carbocycles. The molecule has 0 unspecified atom stereocenters. The van der Waals surface area contributed by atoms with Gasteiger partial charge in [-0.2, -0.15) is 0 Å². The van der Waals surface area contributed by atoms with Crippen LogP contribution in [-0.2, 0) is 4.74 Å². The molecule has 1 aromatic carbocycles. The van der Waals surface area contributed by atoms with E-state index < -0.39 is 0 Å². The Balaban J connectivity index is 1.68. The van der Waals surface area contributed by atoms with Gasteiger partial charge in [0.05, 0.1) is 18.8 Å². The third kappa shape index (κ3) is 3.31. The van der Waals surface area contributed by atoms with Crippen LogP contribution in [0.4, 0.5) is 11.4 Å². The van der Waals surface area contributed by atoms with E-state index in [2.05, 4.69) is 10.2 Å². The Bertz CT molecular complexity index is 658. The summed E-state index contributed by atoms with van der Waals surface area (Å²) in [6, 6.07) is 9.95. The van der Waals surface area contributed by atoms with E-state index >= 15 is 0 Å². The largest absolute Gasteiger partial charge is 0.378 e. The summed E-state index contributed by atoms with van der Waals surface area (Å²) in [5, 5.41) is 2.97. The first-order valence-corrected chi connectivity index (χ1v) is 8.26. The lowest BCUT2D eigenvalue weighted by Gasteiger charge is -2.28. The number of thiophene rings is 1.